The lowest BCUT2D eigenvalue weighted by Gasteiger charge is -2.12. The summed E-state index contributed by atoms with van der Waals surface area (Å²) in [6.45, 7) is 0. The van der Waals surface area contributed by atoms with Gasteiger partial charge in [0, 0.05) is 14.9 Å². The van der Waals surface area contributed by atoms with E-state index in [9.17, 15) is 0 Å². The quantitative estimate of drug-likeness (QED) is 0.636. The molecular weight excluding hydrogens is 319 g/mol. The van der Waals surface area contributed by atoms with Crippen LogP contribution < -0.4 is 0 Å². The first kappa shape index (κ1) is 12.9. The predicted octanol–water partition coefficient (Wildman–Crippen LogP) is 5.67. The van der Waals surface area contributed by atoms with Crippen LogP contribution in [0.25, 0.3) is 0 Å². The molecule has 0 aliphatic carbocycles. The van der Waals surface area contributed by atoms with Crippen molar-refractivity contribution < 1.29 is 0 Å². The molecule has 3 heteroatoms. The van der Waals surface area contributed by atoms with E-state index in [-0.39, 0.29) is 4.83 Å². The van der Waals surface area contributed by atoms with Crippen molar-refractivity contribution in [1.82, 2.24) is 0 Å². The van der Waals surface area contributed by atoms with E-state index in [1.165, 1.54) is 5.56 Å². The molecule has 0 aromatic heterocycles. The van der Waals surface area contributed by atoms with Gasteiger partial charge in [0.25, 0.3) is 0 Å². The molecule has 0 saturated carbocycles. The molecule has 0 spiro atoms. The van der Waals surface area contributed by atoms with Gasteiger partial charge in [-0.1, -0.05) is 69.5 Å². The highest BCUT2D eigenvalue weighted by Crippen LogP contribution is 2.33. The third-order valence-electron chi connectivity index (χ3n) is 2.55. The van der Waals surface area contributed by atoms with E-state index in [2.05, 4.69) is 28.1 Å². The van der Waals surface area contributed by atoms with Crippen LogP contribution in [0.3, 0.4) is 0 Å². The molecule has 2 aromatic carbocycles. The van der Waals surface area contributed by atoms with Crippen LogP contribution in [0.5, 0.6) is 0 Å². The molecule has 0 aliphatic heterocycles. The average Bonchev–Trinajstić information content (AvgIpc) is 2.33. The van der Waals surface area contributed by atoms with Crippen molar-refractivity contribution in [3.05, 3.63) is 69.7 Å². The molecule has 2 aromatic rings. The number of hydrogen-bond donors (Lipinski definition) is 0. The summed E-state index contributed by atoms with van der Waals surface area (Å²) in [6, 6.07) is 15.8. The van der Waals surface area contributed by atoms with Crippen molar-refractivity contribution in [1.29, 1.82) is 0 Å². The first-order chi connectivity index (χ1) is 8.16. The second-order valence-electron chi connectivity index (χ2n) is 3.82. The van der Waals surface area contributed by atoms with E-state index in [1.54, 1.807) is 6.07 Å². The van der Waals surface area contributed by atoms with Gasteiger partial charge in [0.05, 0.1) is 0 Å². The first-order valence-electron chi connectivity index (χ1n) is 5.30. The zero-order chi connectivity index (χ0) is 12.3. The van der Waals surface area contributed by atoms with Crippen LogP contribution in [-0.2, 0) is 6.42 Å². The molecule has 0 saturated heterocycles. The van der Waals surface area contributed by atoms with E-state index in [4.69, 9.17) is 23.2 Å². The molecule has 1 unspecified atom stereocenters. The highest BCUT2D eigenvalue weighted by Gasteiger charge is 2.12. The second kappa shape index (κ2) is 5.90. The largest absolute Gasteiger partial charge is 0.0843 e. The van der Waals surface area contributed by atoms with Gasteiger partial charge in [0.2, 0.25) is 0 Å². The Labute approximate surface area is 120 Å². The van der Waals surface area contributed by atoms with Gasteiger partial charge in [-0.05, 0) is 35.7 Å². The van der Waals surface area contributed by atoms with Crippen LogP contribution in [0, 0.1) is 0 Å². The van der Waals surface area contributed by atoms with Crippen LogP contribution >= 0.6 is 39.1 Å². The molecule has 0 bridgehead atoms. The van der Waals surface area contributed by atoms with E-state index < -0.39 is 0 Å². The second-order valence-corrected chi connectivity index (χ2v) is 5.77. The molecule has 0 nitrogen and oxygen atoms in total. The van der Waals surface area contributed by atoms with Crippen molar-refractivity contribution in [2.45, 2.75) is 11.2 Å². The summed E-state index contributed by atoms with van der Waals surface area (Å²) in [5.74, 6) is 0. The van der Waals surface area contributed by atoms with Crippen molar-refractivity contribution >= 4 is 39.1 Å². The van der Waals surface area contributed by atoms with Gasteiger partial charge >= 0.3 is 0 Å². The van der Waals surface area contributed by atoms with E-state index in [0.29, 0.717) is 5.02 Å². The Morgan fingerprint density at radius 3 is 2.41 bits per heavy atom. The molecule has 0 aliphatic rings. The minimum Gasteiger partial charge on any atom is -0.0843 e. The zero-order valence-electron chi connectivity index (χ0n) is 9.04. The third-order valence-corrected chi connectivity index (χ3v) is 3.95. The fraction of sp³-hybridized carbons (Fsp3) is 0.143. The summed E-state index contributed by atoms with van der Waals surface area (Å²) in [5, 5.41) is 1.45. The fourth-order valence-corrected chi connectivity index (χ4v) is 3.00. The molecule has 88 valence electrons. The molecule has 0 fully saturated rings. The Hall–Kier alpha value is -0.500. The molecule has 0 heterocycles. The lowest BCUT2D eigenvalue weighted by molar-refractivity contribution is 0.949. The standard InChI is InChI=1S/C14H11BrCl2/c15-13(8-10-4-2-1-3-5-10)12-9-11(16)6-7-14(12)17/h1-7,9,13H,8H2. The number of benzene rings is 2. The Bertz CT molecular complexity index is 497. The first-order valence-corrected chi connectivity index (χ1v) is 6.97. The molecule has 0 amide bonds. The highest BCUT2D eigenvalue weighted by atomic mass is 79.9. The maximum absolute atomic E-state index is 6.17. The van der Waals surface area contributed by atoms with E-state index in [1.807, 2.05) is 30.3 Å². The summed E-state index contributed by atoms with van der Waals surface area (Å²) in [6.07, 6.45) is 0.890. The predicted molar refractivity (Wildman–Crippen MR) is 78.3 cm³/mol. The summed E-state index contributed by atoms with van der Waals surface area (Å²) in [7, 11) is 0. The van der Waals surface area contributed by atoms with Crippen LogP contribution in [0.4, 0.5) is 0 Å². The maximum atomic E-state index is 6.17. The normalized spacial score (nSPS) is 12.4. The Balaban J connectivity index is 2.20. The monoisotopic (exact) mass is 328 g/mol. The van der Waals surface area contributed by atoms with Crippen LogP contribution in [-0.4, -0.2) is 0 Å². The van der Waals surface area contributed by atoms with Gasteiger partial charge < -0.3 is 0 Å². The van der Waals surface area contributed by atoms with Crippen molar-refractivity contribution in [3.8, 4) is 0 Å². The van der Waals surface area contributed by atoms with E-state index >= 15 is 0 Å². The number of hydrogen-bond acceptors (Lipinski definition) is 0. The van der Waals surface area contributed by atoms with Gasteiger partial charge in [-0.25, -0.2) is 0 Å². The maximum Gasteiger partial charge on any atom is 0.0450 e. The van der Waals surface area contributed by atoms with Gasteiger partial charge in [-0.3, -0.25) is 0 Å². The SMILES string of the molecule is Clc1ccc(Cl)c(C(Br)Cc2ccccc2)c1. The smallest absolute Gasteiger partial charge is 0.0450 e. The minimum atomic E-state index is 0.177. The minimum absolute atomic E-state index is 0.177. The molecule has 0 N–H and O–H groups in total. The topological polar surface area (TPSA) is 0 Å². The molecule has 1 atom stereocenters. The lowest BCUT2D eigenvalue weighted by Crippen LogP contribution is -1.96. The Morgan fingerprint density at radius 2 is 1.71 bits per heavy atom. The lowest BCUT2D eigenvalue weighted by atomic mass is 10.0. The Morgan fingerprint density at radius 1 is 1.00 bits per heavy atom. The van der Waals surface area contributed by atoms with Crippen LogP contribution in [0.2, 0.25) is 10.0 Å². The molecule has 17 heavy (non-hydrogen) atoms. The summed E-state index contributed by atoms with van der Waals surface area (Å²) in [5.41, 5.74) is 2.30. The molecule has 0 radical (unpaired) electrons. The van der Waals surface area contributed by atoms with Gasteiger partial charge in [0.15, 0.2) is 0 Å². The zero-order valence-corrected chi connectivity index (χ0v) is 12.1. The van der Waals surface area contributed by atoms with Crippen LogP contribution in [0.15, 0.2) is 48.5 Å². The van der Waals surface area contributed by atoms with Crippen molar-refractivity contribution in [2.75, 3.05) is 0 Å². The van der Waals surface area contributed by atoms with Gasteiger partial charge in [0.1, 0.15) is 0 Å². The molecular formula is C14H11BrCl2. The summed E-state index contributed by atoms with van der Waals surface area (Å²) in [4.78, 5) is 0.177. The molecule has 2 rings (SSSR count). The number of rotatable bonds is 3. The van der Waals surface area contributed by atoms with Crippen molar-refractivity contribution in [2.24, 2.45) is 0 Å². The number of alkyl halides is 1. The van der Waals surface area contributed by atoms with Gasteiger partial charge in [-0.15, -0.1) is 0 Å². The summed E-state index contributed by atoms with van der Waals surface area (Å²) >= 11 is 15.8. The number of halogens is 3. The highest BCUT2D eigenvalue weighted by molar-refractivity contribution is 9.09. The average molecular weight is 330 g/mol. The van der Waals surface area contributed by atoms with Crippen LogP contribution in [0.1, 0.15) is 16.0 Å². The fourth-order valence-electron chi connectivity index (χ4n) is 1.69. The third kappa shape index (κ3) is 3.48. The summed E-state index contributed by atoms with van der Waals surface area (Å²) < 4.78 is 0. The van der Waals surface area contributed by atoms with E-state index in [0.717, 1.165) is 17.0 Å². The van der Waals surface area contributed by atoms with Crippen molar-refractivity contribution in [3.63, 3.8) is 0 Å². The van der Waals surface area contributed by atoms with Gasteiger partial charge in [-0.2, -0.15) is 0 Å². The Kier molecular flexibility index (Phi) is 4.49.